The standard InChI is InChI=1S/C10H8ClNO2/c11-10(13)12-5-7-6-14-9-4-2-1-3-8(7)9/h1-4,6H,5H2,(H,12,13). The van der Waals surface area contributed by atoms with E-state index in [1.807, 2.05) is 24.3 Å². The summed E-state index contributed by atoms with van der Waals surface area (Å²) in [6.07, 6.45) is 1.62. The Labute approximate surface area is 85.7 Å². The Bertz CT molecular complexity index is 464. The van der Waals surface area contributed by atoms with Gasteiger partial charge in [-0.05, 0) is 17.7 Å². The van der Waals surface area contributed by atoms with Crippen LogP contribution in [0.15, 0.2) is 34.9 Å². The molecule has 14 heavy (non-hydrogen) atoms. The smallest absolute Gasteiger partial charge is 0.314 e. The summed E-state index contributed by atoms with van der Waals surface area (Å²) < 4.78 is 5.29. The van der Waals surface area contributed by atoms with Crippen LogP contribution in [0.3, 0.4) is 0 Å². The first-order valence-corrected chi connectivity index (χ1v) is 4.53. The average molecular weight is 210 g/mol. The van der Waals surface area contributed by atoms with E-state index in [1.165, 1.54) is 0 Å². The second kappa shape index (κ2) is 3.72. The molecule has 1 N–H and O–H groups in total. The summed E-state index contributed by atoms with van der Waals surface area (Å²) in [4.78, 5) is 10.5. The summed E-state index contributed by atoms with van der Waals surface area (Å²) in [6, 6.07) is 7.63. The molecule has 0 aliphatic rings. The summed E-state index contributed by atoms with van der Waals surface area (Å²) >= 11 is 5.17. The van der Waals surface area contributed by atoms with E-state index in [9.17, 15) is 4.79 Å². The molecule has 0 radical (unpaired) electrons. The molecule has 0 saturated carbocycles. The lowest BCUT2D eigenvalue weighted by Crippen LogP contribution is -2.14. The number of rotatable bonds is 2. The third-order valence-corrected chi connectivity index (χ3v) is 2.11. The second-order valence-electron chi connectivity index (χ2n) is 2.88. The predicted molar refractivity (Wildman–Crippen MR) is 54.3 cm³/mol. The summed E-state index contributed by atoms with van der Waals surface area (Å²) in [7, 11) is 0. The summed E-state index contributed by atoms with van der Waals surface area (Å²) in [5.74, 6) is 0. The first-order valence-electron chi connectivity index (χ1n) is 4.16. The van der Waals surface area contributed by atoms with Crippen LogP contribution in [-0.2, 0) is 6.54 Å². The maximum Gasteiger partial charge on any atom is 0.314 e. The average Bonchev–Trinajstić information content (AvgIpc) is 2.58. The van der Waals surface area contributed by atoms with E-state index >= 15 is 0 Å². The van der Waals surface area contributed by atoms with Crippen molar-refractivity contribution in [3.8, 4) is 0 Å². The quantitative estimate of drug-likeness (QED) is 0.611. The van der Waals surface area contributed by atoms with Crippen molar-refractivity contribution < 1.29 is 9.21 Å². The van der Waals surface area contributed by atoms with Crippen LogP contribution < -0.4 is 5.32 Å². The van der Waals surface area contributed by atoms with Gasteiger partial charge >= 0.3 is 5.37 Å². The molecule has 0 spiro atoms. The van der Waals surface area contributed by atoms with Crippen molar-refractivity contribution in [2.75, 3.05) is 0 Å². The van der Waals surface area contributed by atoms with Gasteiger partial charge in [-0.25, -0.2) is 0 Å². The minimum Gasteiger partial charge on any atom is -0.464 e. The van der Waals surface area contributed by atoms with Crippen LogP contribution in [0.4, 0.5) is 4.79 Å². The van der Waals surface area contributed by atoms with E-state index in [1.54, 1.807) is 6.26 Å². The molecule has 0 bridgehead atoms. The van der Waals surface area contributed by atoms with Crippen LogP contribution in [0, 0.1) is 0 Å². The molecular formula is C10H8ClNO2. The zero-order chi connectivity index (χ0) is 9.97. The van der Waals surface area contributed by atoms with Gasteiger partial charge in [-0.3, -0.25) is 4.79 Å². The van der Waals surface area contributed by atoms with E-state index in [-0.39, 0.29) is 0 Å². The van der Waals surface area contributed by atoms with E-state index in [4.69, 9.17) is 16.0 Å². The van der Waals surface area contributed by atoms with Crippen molar-refractivity contribution in [3.05, 3.63) is 36.1 Å². The SMILES string of the molecule is O=C(Cl)NCc1coc2ccccc12. The number of para-hydroxylation sites is 1. The number of hydrogen-bond donors (Lipinski definition) is 1. The Kier molecular flexibility index (Phi) is 2.41. The van der Waals surface area contributed by atoms with Gasteiger partial charge in [0.2, 0.25) is 0 Å². The van der Waals surface area contributed by atoms with Gasteiger partial charge in [0.05, 0.1) is 6.26 Å². The number of amides is 1. The lowest BCUT2D eigenvalue weighted by atomic mass is 10.2. The third kappa shape index (κ3) is 1.72. The summed E-state index contributed by atoms with van der Waals surface area (Å²) in [5, 5.41) is 2.94. The molecule has 0 aliphatic heterocycles. The Hall–Kier alpha value is -1.48. The molecule has 0 unspecified atom stereocenters. The fourth-order valence-corrected chi connectivity index (χ4v) is 1.40. The highest BCUT2D eigenvalue weighted by Crippen LogP contribution is 2.20. The molecular weight excluding hydrogens is 202 g/mol. The van der Waals surface area contributed by atoms with Crippen molar-refractivity contribution >= 4 is 27.9 Å². The van der Waals surface area contributed by atoms with Crippen LogP contribution in [0.2, 0.25) is 0 Å². The molecule has 4 heteroatoms. The number of nitrogens with one attached hydrogen (secondary N) is 1. The molecule has 0 fully saturated rings. The van der Waals surface area contributed by atoms with Crippen LogP contribution in [-0.4, -0.2) is 5.37 Å². The normalized spacial score (nSPS) is 10.4. The fourth-order valence-electron chi connectivity index (χ4n) is 1.33. The molecule has 1 aromatic carbocycles. The van der Waals surface area contributed by atoms with E-state index in [2.05, 4.69) is 5.32 Å². The molecule has 72 valence electrons. The second-order valence-corrected chi connectivity index (χ2v) is 3.23. The van der Waals surface area contributed by atoms with Gasteiger partial charge in [-0.1, -0.05) is 18.2 Å². The molecule has 2 rings (SSSR count). The topological polar surface area (TPSA) is 42.2 Å². The van der Waals surface area contributed by atoms with Crippen LogP contribution in [0.1, 0.15) is 5.56 Å². The number of carbonyl (C=O) groups excluding carboxylic acids is 1. The van der Waals surface area contributed by atoms with Crippen molar-refractivity contribution in [2.45, 2.75) is 6.54 Å². The first kappa shape index (κ1) is 9.09. The van der Waals surface area contributed by atoms with Gasteiger partial charge < -0.3 is 9.73 Å². The Morgan fingerprint density at radius 2 is 2.21 bits per heavy atom. The number of benzene rings is 1. The predicted octanol–water partition coefficient (Wildman–Crippen LogP) is 2.88. The lowest BCUT2D eigenvalue weighted by molar-refractivity contribution is 0.259. The largest absolute Gasteiger partial charge is 0.464 e. The molecule has 1 amide bonds. The summed E-state index contributed by atoms with van der Waals surface area (Å²) in [5.41, 5.74) is 1.74. The minimum absolute atomic E-state index is 0.388. The molecule has 0 atom stereocenters. The van der Waals surface area contributed by atoms with E-state index < -0.39 is 5.37 Å². The summed E-state index contributed by atoms with van der Waals surface area (Å²) in [6.45, 7) is 0.388. The highest BCUT2D eigenvalue weighted by atomic mass is 35.5. The molecule has 0 aliphatic carbocycles. The monoisotopic (exact) mass is 209 g/mol. The molecule has 0 saturated heterocycles. The molecule has 2 aromatic rings. The maximum atomic E-state index is 10.5. The van der Waals surface area contributed by atoms with Gasteiger partial charge in [-0.2, -0.15) is 0 Å². The van der Waals surface area contributed by atoms with Crippen LogP contribution >= 0.6 is 11.6 Å². The number of furan rings is 1. The number of hydrogen-bond acceptors (Lipinski definition) is 2. The van der Waals surface area contributed by atoms with Crippen molar-refractivity contribution in [3.63, 3.8) is 0 Å². The number of halogens is 1. The van der Waals surface area contributed by atoms with Crippen molar-refractivity contribution in [1.29, 1.82) is 0 Å². The highest BCUT2D eigenvalue weighted by molar-refractivity contribution is 6.62. The first-order chi connectivity index (χ1) is 6.77. The molecule has 3 nitrogen and oxygen atoms in total. The van der Waals surface area contributed by atoms with E-state index in [0.717, 1.165) is 16.5 Å². The Morgan fingerprint density at radius 1 is 1.43 bits per heavy atom. The van der Waals surface area contributed by atoms with Crippen LogP contribution in [0.25, 0.3) is 11.0 Å². The number of fused-ring (bicyclic) bond motifs is 1. The van der Waals surface area contributed by atoms with Gasteiger partial charge in [-0.15, -0.1) is 0 Å². The van der Waals surface area contributed by atoms with Gasteiger partial charge in [0, 0.05) is 17.5 Å². The zero-order valence-electron chi connectivity index (χ0n) is 7.29. The zero-order valence-corrected chi connectivity index (χ0v) is 8.04. The van der Waals surface area contributed by atoms with Gasteiger partial charge in [0.1, 0.15) is 5.58 Å². The fraction of sp³-hybridized carbons (Fsp3) is 0.100. The molecule has 1 heterocycles. The van der Waals surface area contributed by atoms with Gasteiger partial charge in [0.25, 0.3) is 0 Å². The van der Waals surface area contributed by atoms with Crippen molar-refractivity contribution in [2.24, 2.45) is 0 Å². The van der Waals surface area contributed by atoms with Gasteiger partial charge in [0.15, 0.2) is 0 Å². The maximum absolute atomic E-state index is 10.5. The minimum atomic E-state index is -0.560. The third-order valence-electron chi connectivity index (χ3n) is 1.98. The van der Waals surface area contributed by atoms with Crippen LogP contribution in [0.5, 0.6) is 0 Å². The Balaban J connectivity index is 2.29. The molecule has 1 aromatic heterocycles. The number of carbonyl (C=O) groups is 1. The lowest BCUT2D eigenvalue weighted by Gasteiger charge is -1.96. The van der Waals surface area contributed by atoms with E-state index in [0.29, 0.717) is 6.54 Å². The highest BCUT2D eigenvalue weighted by Gasteiger charge is 2.04. The Morgan fingerprint density at radius 3 is 3.00 bits per heavy atom. The van der Waals surface area contributed by atoms with Crippen molar-refractivity contribution in [1.82, 2.24) is 5.32 Å².